The van der Waals surface area contributed by atoms with Crippen LogP contribution in [0.25, 0.3) is 11.0 Å². The molecule has 9 nitrogen and oxygen atoms in total. The number of nitrogens with zero attached hydrogens (tertiary/aromatic N) is 4. The SMILES string of the molecule is COc1ccc(CCN(C(=O)Cn2nnc3ccccc32)[C@@H](C(=O)NC2CCCCC2)c2cccs2)cc1OC. The number of methoxy groups -OCH3 is 2. The van der Waals surface area contributed by atoms with Crippen molar-refractivity contribution in [3.8, 4) is 11.5 Å². The van der Waals surface area contributed by atoms with Crippen LogP contribution in [0.2, 0.25) is 0 Å². The maximum absolute atomic E-state index is 14.0. The van der Waals surface area contributed by atoms with E-state index in [0.29, 0.717) is 24.5 Å². The molecule has 10 heteroatoms. The number of thiophene rings is 1. The minimum atomic E-state index is -0.746. The Morgan fingerprint density at radius 2 is 1.85 bits per heavy atom. The molecule has 0 bridgehead atoms. The highest BCUT2D eigenvalue weighted by Crippen LogP contribution is 2.30. The largest absolute Gasteiger partial charge is 0.493 e. The first-order valence-corrected chi connectivity index (χ1v) is 14.6. The van der Waals surface area contributed by atoms with Gasteiger partial charge in [-0.2, -0.15) is 0 Å². The van der Waals surface area contributed by atoms with Gasteiger partial charge in [-0.05, 0) is 60.5 Å². The van der Waals surface area contributed by atoms with Gasteiger partial charge in [0, 0.05) is 17.5 Å². The highest BCUT2D eigenvalue weighted by Gasteiger charge is 2.34. The maximum Gasteiger partial charge on any atom is 0.248 e. The van der Waals surface area contributed by atoms with Crippen LogP contribution in [0.15, 0.2) is 60.0 Å². The molecule has 210 valence electrons. The number of hydrogen-bond donors (Lipinski definition) is 1. The van der Waals surface area contributed by atoms with Gasteiger partial charge in [0.25, 0.3) is 0 Å². The molecule has 4 aromatic rings. The van der Waals surface area contributed by atoms with Crippen molar-refractivity contribution in [2.75, 3.05) is 20.8 Å². The summed E-state index contributed by atoms with van der Waals surface area (Å²) < 4.78 is 12.5. The summed E-state index contributed by atoms with van der Waals surface area (Å²) in [6, 6.07) is 16.5. The van der Waals surface area contributed by atoms with Crippen molar-refractivity contribution < 1.29 is 19.1 Å². The Labute approximate surface area is 238 Å². The lowest BCUT2D eigenvalue weighted by Crippen LogP contribution is -2.48. The molecule has 0 saturated heterocycles. The average molecular weight is 562 g/mol. The number of para-hydroxylation sites is 1. The first-order valence-electron chi connectivity index (χ1n) is 13.7. The van der Waals surface area contributed by atoms with Crippen molar-refractivity contribution in [3.63, 3.8) is 0 Å². The van der Waals surface area contributed by atoms with E-state index >= 15 is 0 Å². The van der Waals surface area contributed by atoms with Gasteiger partial charge in [-0.15, -0.1) is 16.4 Å². The fourth-order valence-electron chi connectivity index (χ4n) is 5.33. The molecule has 1 N–H and O–H groups in total. The number of rotatable bonds is 11. The number of nitrogens with one attached hydrogen (secondary N) is 1. The molecule has 0 aliphatic heterocycles. The molecule has 1 aliphatic carbocycles. The molecule has 0 unspecified atom stereocenters. The van der Waals surface area contributed by atoms with Crippen molar-refractivity contribution in [2.24, 2.45) is 0 Å². The van der Waals surface area contributed by atoms with Crippen molar-refractivity contribution in [1.82, 2.24) is 25.2 Å². The molecule has 2 aromatic carbocycles. The van der Waals surface area contributed by atoms with Gasteiger partial charge in [0.15, 0.2) is 11.5 Å². The summed E-state index contributed by atoms with van der Waals surface area (Å²) in [6.07, 6.45) is 5.87. The van der Waals surface area contributed by atoms with Gasteiger partial charge in [0.2, 0.25) is 11.8 Å². The lowest BCUT2D eigenvalue weighted by atomic mass is 9.95. The topological polar surface area (TPSA) is 98.6 Å². The Bertz CT molecular complexity index is 1430. The van der Waals surface area contributed by atoms with E-state index in [1.165, 1.54) is 17.8 Å². The Balaban J connectivity index is 1.45. The van der Waals surface area contributed by atoms with E-state index in [4.69, 9.17) is 9.47 Å². The Morgan fingerprint density at radius 3 is 2.60 bits per heavy atom. The first kappa shape index (κ1) is 27.6. The van der Waals surface area contributed by atoms with E-state index in [2.05, 4.69) is 15.6 Å². The molecule has 2 aromatic heterocycles. The highest BCUT2D eigenvalue weighted by molar-refractivity contribution is 7.10. The Morgan fingerprint density at radius 1 is 1.05 bits per heavy atom. The number of carbonyl (C=O) groups is 2. The number of hydrogen-bond acceptors (Lipinski definition) is 7. The number of aromatic nitrogens is 3. The second-order valence-corrected chi connectivity index (χ2v) is 11.0. The van der Waals surface area contributed by atoms with Gasteiger partial charge in [-0.3, -0.25) is 9.59 Å². The Hall–Kier alpha value is -3.92. The molecular weight excluding hydrogens is 526 g/mol. The third-order valence-corrected chi connectivity index (χ3v) is 8.36. The lowest BCUT2D eigenvalue weighted by molar-refractivity contribution is -0.141. The lowest BCUT2D eigenvalue weighted by Gasteiger charge is -2.33. The van der Waals surface area contributed by atoms with Crippen LogP contribution >= 0.6 is 11.3 Å². The van der Waals surface area contributed by atoms with Gasteiger partial charge >= 0.3 is 0 Å². The van der Waals surface area contributed by atoms with Crippen LogP contribution in [0.5, 0.6) is 11.5 Å². The third-order valence-electron chi connectivity index (χ3n) is 7.44. The van der Waals surface area contributed by atoms with Gasteiger partial charge in [0.1, 0.15) is 18.1 Å². The standard InChI is InChI=1S/C30H35N5O4S/c1-38-25-15-14-21(19-26(25)39-2)16-17-34(28(36)20-35-24-12-7-6-11-23(24)32-33-35)29(27-13-8-18-40-27)30(37)31-22-9-4-3-5-10-22/h6-8,11-15,18-19,22,29H,3-5,9-10,16-17,20H2,1-2H3,(H,31,37)/t29-/m1/s1. The highest BCUT2D eigenvalue weighted by atomic mass is 32.1. The minimum Gasteiger partial charge on any atom is -0.493 e. The number of carbonyl (C=O) groups excluding carboxylic acids is 2. The minimum absolute atomic E-state index is 0.0228. The molecule has 1 aliphatic rings. The zero-order chi connectivity index (χ0) is 27.9. The van der Waals surface area contributed by atoms with Crippen molar-refractivity contribution in [2.45, 2.75) is 57.2 Å². The van der Waals surface area contributed by atoms with Crippen LogP contribution in [0.3, 0.4) is 0 Å². The van der Waals surface area contributed by atoms with Crippen LogP contribution in [-0.4, -0.2) is 58.5 Å². The smallest absolute Gasteiger partial charge is 0.248 e. The predicted molar refractivity (Wildman–Crippen MR) is 155 cm³/mol. The van der Waals surface area contributed by atoms with E-state index in [1.807, 2.05) is 60.0 Å². The monoisotopic (exact) mass is 561 g/mol. The van der Waals surface area contributed by atoms with Gasteiger partial charge in [-0.25, -0.2) is 4.68 Å². The second-order valence-electron chi connectivity index (χ2n) is 10.0. The quantitative estimate of drug-likeness (QED) is 0.283. The zero-order valence-electron chi connectivity index (χ0n) is 22.9. The molecule has 1 saturated carbocycles. The fourth-order valence-corrected chi connectivity index (χ4v) is 6.17. The maximum atomic E-state index is 14.0. The first-order chi connectivity index (χ1) is 19.6. The number of benzene rings is 2. The molecule has 5 rings (SSSR count). The summed E-state index contributed by atoms with van der Waals surface area (Å²) in [5.41, 5.74) is 2.46. The van der Waals surface area contributed by atoms with Crippen LogP contribution in [0.1, 0.15) is 48.6 Å². The molecule has 0 radical (unpaired) electrons. The van der Waals surface area contributed by atoms with Crippen LogP contribution < -0.4 is 14.8 Å². The van der Waals surface area contributed by atoms with E-state index in [0.717, 1.165) is 47.2 Å². The second kappa shape index (κ2) is 13.0. The number of fused-ring (bicyclic) bond motifs is 1. The Kier molecular flexibility index (Phi) is 8.95. The zero-order valence-corrected chi connectivity index (χ0v) is 23.7. The third kappa shape index (κ3) is 6.28. The molecule has 1 fully saturated rings. The number of ether oxygens (including phenoxy) is 2. The molecule has 1 atom stereocenters. The number of amides is 2. The molecule has 0 spiro atoms. The summed E-state index contributed by atoms with van der Waals surface area (Å²) in [5.74, 6) is 0.921. The van der Waals surface area contributed by atoms with Crippen LogP contribution in [0, 0.1) is 0 Å². The summed E-state index contributed by atoms with van der Waals surface area (Å²) >= 11 is 1.48. The summed E-state index contributed by atoms with van der Waals surface area (Å²) in [5, 5.41) is 13.6. The van der Waals surface area contributed by atoms with Gasteiger partial charge in [-0.1, -0.05) is 48.7 Å². The van der Waals surface area contributed by atoms with E-state index < -0.39 is 6.04 Å². The molecule has 2 amide bonds. The van der Waals surface area contributed by atoms with Gasteiger partial charge in [0.05, 0.1) is 19.7 Å². The summed E-state index contributed by atoms with van der Waals surface area (Å²) in [6.45, 7) is 0.312. The average Bonchev–Trinajstić information content (AvgIpc) is 3.66. The molecule has 40 heavy (non-hydrogen) atoms. The van der Waals surface area contributed by atoms with Crippen molar-refractivity contribution >= 4 is 34.2 Å². The van der Waals surface area contributed by atoms with E-state index in [9.17, 15) is 9.59 Å². The van der Waals surface area contributed by atoms with Crippen LogP contribution in [-0.2, 0) is 22.6 Å². The van der Waals surface area contributed by atoms with E-state index in [-0.39, 0.29) is 24.4 Å². The normalized spacial score (nSPS) is 14.6. The van der Waals surface area contributed by atoms with Crippen LogP contribution in [0.4, 0.5) is 0 Å². The summed E-state index contributed by atoms with van der Waals surface area (Å²) in [7, 11) is 3.20. The van der Waals surface area contributed by atoms with E-state index in [1.54, 1.807) is 23.8 Å². The molecule has 2 heterocycles. The summed E-state index contributed by atoms with van der Waals surface area (Å²) in [4.78, 5) is 30.5. The van der Waals surface area contributed by atoms with Crippen molar-refractivity contribution in [1.29, 1.82) is 0 Å². The molecular formula is C30H35N5O4S. The van der Waals surface area contributed by atoms with Gasteiger partial charge < -0.3 is 19.7 Å². The fraction of sp³-hybridized carbons (Fsp3) is 0.400. The van der Waals surface area contributed by atoms with Crippen molar-refractivity contribution in [3.05, 3.63) is 70.4 Å². The predicted octanol–water partition coefficient (Wildman–Crippen LogP) is 4.77.